The van der Waals surface area contributed by atoms with E-state index in [1.165, 1.54) is 13.8 Å². The molecule has 1 aliphatic rings. The number of nitrogens with zero attached hydrogens (tertiary/aromatic N) is 1. The van der Waals surface area contributed by atoms with Crippen LogP contribution in [0.3, 0.4) is 0 Å². The lowest BCUT2D eigenvalue weighted by Crippen LogP contribution is -2.51. The maximum absolute atomic E-state index is 12.2. The predicted molar refractivity (Wildman–Crippen MR) is 79.3 cm³/mol. The van der Waals surface area contributed by atoms with Crippen molar-refractivity contribution < 1.29 is 20.1 Å². The first kappa shape index (κ1) is 17.0. The van der Waals surface area contributed by atoms with E-state index in [9.17, 15) is 24.9 Å². The van der Waals surface area contributed by atoms with Crippen LogP contribution in [0.5, 0.6) is 0 Å². The summed E-state index contributed by atoms with van der Waals surface area (Å²) in [6.07, 6.45) is -3.10. The first-order chi connectivity index (χ1) is 10.9. The normalized spacial score (nSPS) is 29.3. The number of aromatic nitrogens is 2. The Bertz CT molecular complexity index is 834. The molecule has 4 N–H and O–H groups in total. The Balaban J connectivity index is 2.74. The molecule has 1 aromatic heterocycles. The van der Waals surface area contributed by atoms with Gasteiger partial charge in [0, 0.05) is 6.20 Å². The molecule has 23 heavy (non-hydrogen) atoms. The van der Waals surface area contributed by atoms with Crippen molar-refractivity contribution in [2.24, 2.45) is 0 Å². The van der Waals surface area contributed by atoms with E-state index in [2.05, 4.69) is 28.7 Å². The number of aliphatic hydroxyl groups is 3. The SMILES string of the molecule is CC#Cc1cn([C@]2(C#CC)O[C@H](CO)[C@@H](O)[C@H]2O)c(=O)[nH]c1=O. The summed E-state index contributed by atoms with van der Waals surface area (Å²) >= 11 is 0. The number of nitrogens with one attached hydrogen (secondary N) is 1. The summed E-state index contributed by atoms with van der Waals surface area (Å²) in [4.78, 5) is 26.0. The van der Waals surface area contributed by atoms with Gasteiger partial charge in [-0.05, 0) is 19.8 Å². The highest BCUT2D eigenvalue weighted by Gasteiger charge is 2.55. The van der Waals surface area contributed by atoms with Crippen LogP contribution in [0.4, 0.5) is 0 Å². The molecule has 2 rings (SSSR count). The summed E-state index contributed by atoms with van der Waals surface area (Å²) in [6.45, 7) is 2.40. The van der Waals surface area contributed by atoms with Gasteiger partial charge in [0.05, 0.1) is 6.61 Å². The molecule has 122 valence electrons. The Morgan fingerprint density at radius 2 is 2.04 bits per heavy atom. The van der Waals surface area contributed by atoms with E-state index in [0.717, 1.165) is 10.8 Å². The highest BCUT2D eigenvalue weighted by molar-refractivity contribution is 5.30. The first-order valence-electron chi connectivity index (χ1n) is 6.79. The van der Waals surface area contributed by atoms with Gasteiger partial charge in [0.15, 0.2) is 0 Å². The van der Waals surface area contributed by atoms with Crippen molar-refractivity contribution in [1.82, 2.24) is 9.55 Å². The van der Waals surface area contributed by atoms with Crippen LogP contribution in [0.1, 0.15) is 19.4 Å². The van der Waals surface area contributed by atoms with Gasteiger partial charge in [-0.3, -0.25) is 14.3 Å². The third kappa shape index (κ3) is 2.69. The first-order valence-corrected chi connectivity index (χ1v) is 6.79. The number of hydrogen-bond acceptors (Lipinski definition) is 6. The molecule has 8 nitrogen and oxygen atoms in total. The topological polar surface area (TPSA) is 125 Å². The number of H-pyrrole nitrogens is 1. The van der Waals surface area contributed by atoms with Gasteiger partial charge >= 0.3 is 5.69 Å². The van der Waals surface area contributed by atoms with Crippen molar-refractivity contribution in [3.63, 3.8) is 0 Å². The van der Waals surface area contributed by atoms with Crippen LogP contribution in [0.25, 0.3) is 0 Å². The van der Waals surface area contributed by atoms with Crippen LogP contribution in [-0.4, -0.2) is 49.8 Å². The molecular formula is C15H16N2O6. The molecule has 0 bridgehead atoms. The minimum atomic E-state index is -1.94. The van der Waals surface area contributed by atoms with Crippen LogP contribution in [0.2, 0.25) is 0 Å². The molecule has 1 fully saturated rings. The van der Waals surface area contributed by atoms with E-state index in [0.29, 0.717) is 0 Å². The van der Waals surface area contributed by atoms with Crippen LogP contribution < -0.4 is 11.2 Å². The molecule has 0 unspecified atom stereocenters. The van der Waals surface area contributed by atoms with E-state index in [-0.39, 0.29) is 5.56 Å². The molecule has 0 aliphatic carbocycles. The highest BCUT2D eigenvalue weighted by atomic mass is 16.6. The average Bonchev–Trinajstić information content (AvgIpc) is 2.76. The van der Waals surface area contributed by atoms with Crippen LogP contribution in [-0.2, 0) is 10.5 Å². The third-order valence-corrected chi connectivity index (χ3v) is 3.48. The van der Waals surface area contributed by atoms with Crippen LogP contribution >= 0.6 is 0 Å². The van der Waals surface area contributed by atoms with E-state index < -0.39 is 41.9 Å². The largest absolute Gasteiger partial charge is 0.394 e. The van der Waals surface area contributed by atoms with E-state index in [1.54, 1.807) is 0 Å². The molecule has 0 amide bonds. The Hall–Kier alpha value is -2.36. The molecular weight excluding hydrogens is 304 g/mol. The third-order valence-electron chi connectivity index (χ3n) is 3.48. The van der Waals surface area contributed by atoms with Crippen LogP contribution in [0.15, 0.2) is 15.8 Å². The van der Waals surface area contributed by atoms with Gasteiger partial charge in [-0.15, -0.1) is 11.8 Å². The zero-order chi connectivity index (χ0) is 17.2. The van der Waals surface area contributed by atoms with Crippen LogP contribution in [0, 0.1) is 23.7 Å². The minimum Gasteiger partial charge on any atom is -0.394 e. The molecule has 8 heteroatoms. The Morgan fingerprint density at radius 3 is 2.57 bits per heavy atom. The fourth-order valence-corrected chi connectivity index (χ4v) is 2.43. The van der Waals surface area contributed by atoms with Crippen molar-refractivity contribution in [1.29, 1.82) is 0 Å². The number of aliphatic hydroxyl groups excluding tert-OH is 3. The fraction of sp³-hybridized carbons (Fsp3) is 0.467. The summed E-state index contributed by atoms with van der Waals surface area (Å²) < 4.78 is 6.34. The summed E-state index contributed by atoms with van der Waals surface area (Å²) in [5.74, 6) is 10.1. The van der Waals surface area contributed by atoms with Crippen molar-refractivity contribution in [2.45, 2.75) is 37.9 Å². The molecule has 1 aromatic rings. The van der Waals surface area contributed by atoms with Gasteiger partial charge in [-0.1, -0.05) is 5.92 Å². The summed E-state index contributed by atoms with van der Waals surface area (Å²) in [6, 6.07) is 0. The highest BCUT2D eigenvalue weighted by Crippen LogP contribution is 2.34. The van der Waals surface area contributed by atoms with E-state index in [1.807, 2.05) is 0 Å². The smallest absolute Gasteiger partial charge is 0.331 e. The number of hydrogen-bond donors (Lipinski definition) is 4. The minimum absolute atomic E-state index is 0.0258. The second-order valence-corrected chi connectivity index (χ2v) is 4.89. The lowest BCUT2D eigenvalue weighted by Gasteiger charge is -2.28. The van der Waals surface area contributed by atoms with Crippen molar-refractivity contribution >= 4 is 0 Å². The lowest BCUT2D eigenvalue weighted by molar-refractivity contribution is -0.108. The predicted octanol–water partition coefficient (Wildman–Crippen LogP) is -2.30. The van der Waals surface area contributed by atoms with Gasteiger partial charge in [-0.25, -0.2) is 4.79 Å². The van der Waals surface area contributed by atoms with Crippen molar-refractivity contribution in [3.05, 3.63) is 32.6 Å². The van der Waals surface area contributed by atoms with Gasteiger partial charge in [0.25, 0.3) is 5.56 Å². The molecule has 1 aliphatic heterocycles. The standard InChI is InChI=1S/C15H16N2O6/c1-3-5-9-7-17(14(22)16-13(9)21)15(6-4-2)12(20)11(19)10(8-18)23-15/h7,10-12,18-20H,8H2,1-2H3,(H,16,21,22)/t10-,11-,12-,15-/m1/s1. The fourth-order valence-electron chi connectivity index (χ4n) is 2.43. The molecule has 0 saturated carbocycles. The number of aromatic amines is 1. The Labute approximate surface area is 131 Å². The second-order valence-electron chi connectivity index (χ2n) is 4.89. The zero-order valence-electron chi connectivity index (χ0n) is 12.5. The molecule has 0 aromatic carbocycles. The van der Waals surface area contributed by atoms with E-state index >= 15 is 0 Å². The van der Waals surface area contributed by atoms with Gasteiger partial charge < -0.3 is 20.1 Å². The van der Waals surface area contributed by atoms with E-state index in [4.69, 9.17) is 4.74 Å². The van der Waals surface area contributed by atoms with Crippen molar-refractivity contribution in [3.8, 4) is 23.7 Å². The number of ether oxygens (including phenoxy) is 1. The zero-order valence-corrected chi connectivity index (χ0v) is 12.5. The summed E-state index contributed by atoms with van der Waals surface area (Å²) in [5.41, 5.74) is -3.54. The maximum atomic E-state index is 12.2. The maximum Gasteiger partial charge on any atom is 0.331 e. The molecule has 0 radical (unpaired) electrons. The molecule has 1 saturated heterocycles. The summed E-state index contributed by atoms with van der Waals surface area (Å²) in [5, 5.41) is 29.6. The summed E-state index contributed by atoms with van der Waals surface area (Å²) in [7, 11) is 0. The Morgan fingerprint density at radius 1 is 1.35 bits per heavy atom. The van der Waals surface area contributed by atoms with Gasteiger partial charge in [-0.2, -0.15) is 0 Å². The van der Waals surface area contributed by atoms with Gasteiger partial charge in [0.2, 0.25) is 5.72 Å². The molecule has 2 heterocycles. The average molecular weight is 320 g/mol. The Kier molecular flexibility index (Phi) is 4.73. The quantitative estimate of drug-likeness (QED) is 0.454. The van der Waals surface area contributed by atoms with Gasteiger partial charge in [0.1, 0.15) is 23.9 Å². The second kappa shape index (κ2) is 6.41. The molecule has 4 atom stereocenters. The van der Waals surface area contributed by atoms with Crippen molar-refractivity contribution in [2.75, 3.05) is 6.61 Å². The lowest BCUT2D eigenvalue weighted by atomic mass is 10.0. The number of rotatable bonds is 2. The molecule has 0 spiro atoms. The monoisotopic (exact) mass is 320 g/mol.